The van der Waals surface area contributed by atoms with Crippen LogP contribution in [-0.4, -0.2) is 16.6 Å². The monoisotopic (exact) mass is 260 g/mol. The van der Waals surface area contributed by atoms with Gasteiger partial charge in [-0.15, -0.1) is 0 Å². The maximum atomic E-state index is 9.25. The van der Waals surface area contributed by atoms with Gasteiger partial charge in [-0.05, 0) is 24.1 Å². The van der Waals surface area contributed by atoms with Crippen LogP contribution in [0, 0.1) is 0 Å². The first-order valence-corrected chi connectivity index (χ1v) is 6.28. The Morgan fingerprint density at radius 3 is 3.00 bits per heavy atom. The molecule has 0 saturated heterocycles. The topological polar surface area (TPSA) is 36.4 Å². The Kier molecular flexibility index (Phi) is 2.94. The lowest BCUT2D eigenvalue weighted by atomic mass is 10.2. The number of hydrogen-bond acceptors (Lipinski definition) is 3. The molecule has 0 fully saturated rings. The number of hydrogen-bond donors (Lipinski definition) is 1. The van der Waals surface area contributed by atoms with Gasteiger partial charge in [0.2, 0.25) is 0 Å². The van der Waals surface area contributed by atoms with Gasteiger partial charge in [0, 0.05) is 24.0 Å². The summed E-state index contributed by atoms with van der Waals surface area (Å²) >= 11 is 5.96. The van der Waals surface area contributed by atoms with E-state index in [1.165, 1.54) is 11.3 Å². The number of pyridine rings is 1. The molecule has 18 heavy (non-hydrogen) atoms. The molecule has 1 N–H and O–H groups in total. The van der Waals surface area contributed by atoms with Crippen LogP contribution in [0.2, 0.25) is 5.02 Å². The van der Waals surface area contributed by atoms with Crippen molar-refractivity contribution in [1.29, 1.82) is 0 Å². The first-order chi connectivity index (χ1) is 8.79. The van der Waals surface area contributed by atoms with Crippen LogP contribution in [0.4, 0.5) is 11.5 Å². The van der Waals surface area contributed by atoms with Gasteiger partial charge in [-0.3, -0.25) is 0 Å². The van der Waals surface area contributed by atoms with Crippen molar-refractivity contribution in [2.45, 2.75) is 13.0 Å². The molecule has 2 heterocycles. The first kappa shape index (κ1) is 11.5. The third-order valence-corrected chi connectivity index (χ3v) is 3.59. The minimum Gasteiger partial charge on any atom is -0.392 e. The van der Waals surface area contributed by atoms with Crippen molar-refractivity contribution >= 4 is 23.1 Å². The molecule has 0 bridgehead atoms. The zero-order valence-electron chi connectivity index (χ0n) is 9.81. The maximum absolute atomic E-state index is 9.25. The number of fused-ring (bicyclic) bond motifs is 1. The number of aliphatic hydroxyl groups excluding tert-OH is 1. The minimum atomic E-state index is -0.0656. The van der Waals surface area contributed by atoms with Crippen LogP contribution >= 0.6 is 11.6 Å². The number of rotatable bonds is 2. The fraction of sp³-hybridized carbons (Fsp3) is 0.214. The van der Waals surface area contributed by atoms with Crippen LogP contribution in [0.1, 0.15) is 11.1 Å². The fourth-order valence-electron chi connectivity index (χ4n) is 2.31. The molecule has 4 heteroatoms. The number of aromatic nitrogens is 1. The van der Waals surface area contributed by atoms with Crippen molar-refractivity contribution in [3.8, 4) is 0 Å². The Hall–Kier alpha value is -1.58. The van der Waals surface area contributed by atoms with Gasteiger partial charge in [0.05, 0.1) is 11.6 Å². The van der Waals surface area contributed by atoms with Crippen molar-refractivity contribution < 1.29 is 5.11 Å². The van der Waals surface area contributed by atoms with Gasteiger partial charge in [0.1, 0.15) is 5.82 Å². The molecular formula is C14H13ClN2O. The molecule has 1 aliphatic heterocycles. The molecule has 0 radical (unpaired) electrons. The summed E-state index contributed by atoms with van der Waals surface area (Å²) in [6.45, 7) is 0.850. The second-order valence-corrected chi connectivity index (χ2v) is 4.73. The molecule has 2 aromatic rings. The highest BCUT2D eigenvalue weighted by Crippen LogP contribution is 2.34. The van der Waals surface area contributed by atoms with E-state index in [1.54, 1.807) is 6.20 Å². The zero-order chi connectivity index (χ0) is 12.5. The predicted octanol–water partition coefficient (Wildman–Crippen LogP) is 2.92. The van der Waals surface area contributed by atoms with Crippen molar-refractivity contribution in [2.24, 2.45) is 0 Å². The molecule has 0 spiro atoms. The molecule has 0 unspecified atom stereocenters. The molecule has 3 rings (SSSR count). The average molecular weight is 261 g/mol. The summed E-state index contributed by atoms with van der Waals surface area (Å²) in [4.78, 5) is 6.51. The molecule has 0 amide bonds. The quantitative estimate of drug-likeness (QED) is 0.902. The van der Waals surface area contributed by atoms with Gasteiger partial charge in [-0.1, -0.05) is 29.8 Å². The van der Waals surface area contributed by atoms with Crippen LogP contribution in [0.3, 0.4) is 0 Å². The molecule has 3 nitrogen and oxygen atoms in total. The molecule has 0 aliphatic carbocycles. The maximum Gasteiger partial charge on any atom is 0.133 e. The second-order valence-electron chi connectivity index (χ2n) is 4.32. The van der Waals surface area contributed by atoms with Crippen molar-refractivity contribution in [3.05, 3.63) is 52.7 Å². The summed E-state index contributed by atoms with van der Waals surface area (Å²) in [5.74, 6) is 0.841. The van der Waals surface area contributed by atoms with Gasteiger partial charge < -0.3 is 10.0 Å². The smallest absolute Gasteiger partial charge is 0.133 e. The third-order valence-electron chi connectivity index (χ3n) is 3.25. The van der Waals surface area contributed by atoms with Crippen molar-refractivity contribution in [1.82, 2.24) is 4.98 Å². The van der Waals surface area contributed by atoms with E-state index in [4.69, 9.17) is 11.6 Å². The van der Waals surface area contributed by atoms with Crippen LogP contribution in [0.5, 0.6) is 0 Å². The summed E-state index contributed by atoms with van der Waals surface area (Å²) in [6, 6.07) is 10.2. The highest BCUT2D eigenvalue weighted by molar-refractivity contribution is 6.31. The second kappa shape index (κ2) is 4.59. The van der Waals surface area contributed by atoms with Crippen LogP contribution in [0.25, 0.3) is 0 Å². The molecule has 1 aliphatic rings. The number of nitrogens with zero attached hydrogens (tertiary/aromatic N) is 2. The lowest BCUT2D eigenvalue weighted by Crippen LogP contribution is -2.15. The standard InChI is InChI=1S/C14H13ClN2O/c15-12-8-16-14(7-11(12)9-18)17-6-5-10-3-1-2-4-13(10)17/h1-4,7-8,18H,5-6,9H2. The summed E-state index contributed by atoms with van der Waals surface area (Å²) in [7, 11) is 0. The van der Waals surface area contributed by atoms with E-state index >= 15 is 0 Å². The van der Waals surface area contributed by atoms with Crippen LogP contribution in [-0.2, 0) is 13.0 Å². The minimum absolute atomic E-state index is 0.0656. The Bertz CT molecular complexity index is 586. The fourth-order valence-corrected chi connectivity index (χ4v) is 2.48. The highest BCUT2D eigenvalue weighted by atomic mass is 35.5. The van der Waals surface area contributed by atoms with E-state index in [1.807, 2.05) is 12.1 Å². The van der Waals surface area contributed by atoms with Crippen LogP contribution < -0.4 is 4.90 Å². The first-order valence-electron chi connectivity index (χ1n) is 5.90. The largest absolute Gasteiger partial charge is 0.392 e. The van der Waals surface area contributed by atoms with Gasteiger partial charge in [-0.2, -0.15) is 0 Å². The molecule has 1 aromatic heterocycles. The molecule has 0 saturated carbocycles. The number of aliphatic hydroxyl groups is 1. The number of para-hydroxylation sites is 1. The Morgan fingerprint density at radius 2 is 2.17 bits per heavy atom. The third kappa shape index (κ3) is 1.85. The molecular weight excluding hydrogens is 248 g/mol. The predicted molar refractivity (Wildman–Crippen MR) is 72.3 cm³/mol. The van der Waals surface area contributed by atoms with Gasteiger partial charge in [0.15, 0.2) is 0 Å². The van der Waals surface area contributed by atoms with Crippen molar-refractivity contribution in [2.75, 3.05) is 11.4 Å². The van der Waals surface area contributed by atoms with Gasteiger partial charge >= 0.3 is 0 Å². The summed E-state index contributed by atoms with van der Waals surface area (Å²) < 4.78 is 0. The van der Waals surface area contributed by atoms with E-state index in [-0.39, 0.29) is 6.61 Å². The number of anilines is 2. The number of halogens is 1. The van der Waals surface area contributed by atoms with E-state index in [0.717, 1.165) is 18.8 Å². The molecule has 92 valence electrons. The SMILES string of the molecule is OCc1cc(N2CCc3ccccc32)ncc1Cl. The highest BCUT2D eigenvalue weighted by Gasteiger charge is 2.21. The lowest BCUT2D eigenvalue weighted by Gasteiger charge is -2.19. The van der Waals surface area contributed by atoms with E-state index in [2.05, 4.69) is 28.1 Å². The molecule has 0 atom stereocenters. The van der Waals surface area contributed by atoms with Crippen molar-refractivity contribution in [3.63, 3.8) is 0 Å². The normalized spacial score (nSPS) is 13.8. The Balaban J connectivity index is 2.02. The van der Waals surface area contributed by atoms with E-state index in [9.17, 15) is 5.11 Å². The number of benzene rings is 1. The van der Waals surface area contributed by atoms with Gasteiger partial charge in [-0.25, -0.2) is 4.98 Å². The zero-order valence-corrected chi connectivity index (χ0v) is 10.6. The Morgan fingerprint density at radius 1 is 1.33 bits per heavy atom. The van der Waals surface area contributed by atoms with Crippen LogP contribution in [0.15, 0.2) is 36.5 Å². The summed E-state index contributed by atoms with van der Waals surface area (Å²) in [5.41, 5.74) is 3.24. The summed E-state index contributed by atoms with van der Waals surface area (Å²) in [6.07, 6.45) is 2.62. The van der Waals surface area contributed by atoms with E-state index < -0.39 is 0 Å². The summed E-state index contributed by atoms with van der Waals surface area (Å²) in [5, 5.41) is 9.76. The van der Waals surface area contributed by atoms with Gasteiger partial charge in [0.25, 0.3) is 0 Å². The lowest BCUT2D eigenvalue weighted by molar-refractivity contribution is 0.282. The Labute approximate surface area is 111 Å². The average Bonchev–Trinajstić information content (AvgIpc) is 2.83. The van der Waals surface area contributed by atoms with E-state index in [0.29, 0.717) is 10.6 Å². The molecule has 1 aromatic carbocycles.